The molecule has 44 heavy (non-hydrogen) atoms. The lowest BCUT2D eigenvalue weighted by Crippen LogP contribution is -2.38. The summed E-state index contributed by atoms with van der Waals surface area (Å²) in [5, 5.41) is 27.4. The number of rotatable bonds is 10. The fraction of sp³-hybridized carbons (Fsp3) is 0.424. The number of carbonyl (C=O) groups excluding carboxylic acids is 1. The smallest absolute Gasteiger partial charge is 0.492 e. The van der Waals surface area contributed by atoms with E-state index >= 15 is 0 Å². The number of aliphatic hydroxyl groups excluding tert-OH is 1. The minimum atomic E-state index is -1.83. The van der Waals surface area contributed by atoms with Crippen LogP contribution >= 0.6 is 24.0 Å². The van der Waals surface area contributed by atoms with E-state index < -0.39 is 6.16 Å². The molecule has 9 nitrogen and oxygen atoms in total. The van der Waals surface area contributed by atoms with Crippen molar-refractivity contribution in [3.05, 3.63) is 70.9 Å². The second-order valence-electron chi connectivity index (χ2n) is 11.2. The molecule has 0 bridgehead atoms. The Balaban J connectivity index is 0.00000127. The number of benzene rings is 2. The number of carboxylic acid groups (broad SMARTS) is 2. The highest BCUT2D eigenvalue weighted by atomic mass is 35.5. The molecule has 0 radical (unpaired) electrons. The Hall–Kier alpha value is -3.37. The Bertz CT molecular complexity index is 1370. The molecule has 240 valence electrons. The first-order valence-electron chi connectivity index (χ1n) is 14.5. The van der Waals surface area contributed by atoms with Crippen molar-refractivity contribution in [1.82, 2.24) is 15.2 Å². The van der Waals surface area contributed by atoms with Gasteiger partial charge < -0.3 is 30.3 Å². The van der Waals surface area contributed by atoms with Crippen molar-refractivity contribution in [3.63, 3.8) is 0 Å². The molecule has 11 heteroatoms. The van der Waals surface area contributed by atoms with E-state index in [1.165, 1.54) is 5.56 Å². The lowest BCUT2D eigenvalue weighted by atomic mass is 9.90. The summed E-state index contributed by atoms with van der Waals surface area (Å²) in [6, 6.07) is 17.9. The van der Waals surface area contributed by atoms with Crippen molar-refractivity contribution in [1.29, 1.82) is 0 Å². The first-order valence-corrected chi connectivity index (χ1v) is 14.9. The minimum Gasteiger partial charge on any atom is -0.492 e. The summed E-state index contributed by atoms with van der Waals surface area (Å²) in [5.74, 6) is 0.725. The molecule has 0 saturated heterocycles. The molecule has 3 aromatic rings. The van der Waals surface area contributed by atoms with Crippen LogP contribution in [0.3, 0.4) is 0 Å². The Labute approximate surface area is 270 Å². The third-order valence-electron chi connectivity index (χ3n) is 7.24. The van der Waals surface area contributed by atoms with Crippen molar-refractivity contribution >= 4 is 36.1 Å². The molecular weight excluding hydrogens is 605 g/mol. The van der Waals surface area contributed by atoms with Gasteiger partial charge in [-0.15, -0.1) is 12.4 Å². The van der Waals surface area contributed by atoms with Crippen molar-refractivity contribution in [2.45, 2.75) is 64.0 Å². The van der Waals surface area contributed by atoms with Gasteiger partial charge in [-0.3, -0.25) is 4.79 Å². The molecule has 1 fully saturated rings. The monoisotopic (exact) mass is 647 g/mol. The van der Waals surface area contributed by atoms with Gasteiger partial charge in [0.05, 0.1) is 23.4 Å². The second kappa shape index (κ2) is 17.8. The largest absolute Gasteiger partial charge is 0.503 e. The Kier molecular flexibility index (Phi) is 14.9. The molecule has 4 rings (SSSR count). The van der Waals surface area contributed by atoms with Crippen molar-refractivity contribution < 1.29 is 29.6 Å². The SMILES string of the molecule is CC(C)c1ccccc1-c1ccc(C(=O)NC2CCC(O)CC2)nc1-c1ccc(Cl)c(OCCCN(C)C)c1.Cl.O=C(O)O. The van der Waals surface area contributed by atoms with E-state index in [4.69, 9.17) is 36.3 Å². The number of hydrogen-bond acceptors (Lipinski definition) is 6. The number of amides is 1. The number of nitrogens with one attached hydrogen (secondary N) is 1. The van der Waals surface area contributed by atoms with E-state index in [0.717, 1.165) is 42.5 Å². The summed E-state index contributed by atoms with van der Waals surface area (Å²) in [6.07, 6.45) is 1.73. The summed E-state index contributed by atoms with van der Waals surface area (Å²) in [6.45, 7) is 5.83. The molecular formula is C33H43Cl2N3O6. The van der Waals surface area contributed by atoms with E-state index in [1.54, 1.807) is 6.07 Å². The molecule has 0 spiro atoms. The third-order valence-corrected chi connectivity index (χ3v) is 7.56. The van der Waals surface area contributed by atoms with E-state index in [1.807, 2.05) is 44.4 Å². The maximum Gasteiger partial charge on any atom is 0.503 e. The highest BCUT2D eigenvalue weighted by Gasteiger charge is 2.23. The van der Waals surface area contributed by atoms with Crippen molar-refractivity contribution in [2.24, 2.45) is 0 Å². The standard InChI is InChI=1S/C32H40ClN3O3.CH2O3.ClH/c1-21(2)25-8-5-6-9-26(25)27-15-17-29(32(38)34-23-11-13-24(37)14-12-23)35-31(27)22-10-16-28(33)30(20-22)39-19-7-18-36(3)4;2-1(3)4;/h5-6,8-10,15-17,20-21,23-24,37H,7,11-14,18-19H2,1-4H3,(H,34,38);(H2,2,3,4);1H. The van der Waals surface area contributed by atoms with E-state index in [-0.39, 0.29) is 30.5 Å². The molecule has 1 amide bonds. The maximum atomic E-state index is 13.3. The summed E-state index contributed by atoms with van der Waals surface area (Å²) >= 11 is 6.51. The zero-order valence-electron chi connectivity index (χ0n) is 25.6. The summed E-state index contributed by atoms with van der Waals surface area (Å²) in [7, 11) is 4.08. The number of aliphatic hydroxyl groups is 1. The summed E-state index contributed by atoms with van der Waals surface area (Å²) in [5.41, 5.74) is 5.18. The number of aromatic nitrogens is 1. The van der Waals surface area contributed by atoms with Crippen LogP contribution in [0.15, 0.2) is 54.6 Å². The Morgan fingerprint density at radius 1 is 1.02 bits per heavy atom. The average molecular weight is 649 g/mol. The van der Waals surface area contributed by atoms with Crippen molar-refractivity contribution in [3.8, 4) is 28.1 Å². The van der Waals surface area contributed by atoms with Crippen LogP contribution in [-0.4, -0.2) is 76.7 Å². The first-order chi connectivity index (χ1) is 20.5. The van der Waals surface area contributed by atoms with Crippen LogP contribution in [0, 0.1) is 0 Å². The summed E-state index contributed by atoms with van der Waals surface area (Å²) in [4.78, 5) is 28.9. The predicted molar refractivity (Wildman–Crippen MR) is 177 cm³/mol. The quantitative estimate of drug-likeness (QED) is 0.170. The van der Waals surface area contributed by atoms with Gasteiger partial charge in [0.2, 0.25) is 0 Å². The minimum absolute atomic E-state index is 0. The zero-order valence-corrected chi connectivity index (χ0v) is 27.2. The van der Waals surface area contributed by atoms with Gasteiger partial charge in [-0.25, -0.2) is 9.78 Å². The van der Waals surface area contributed by atoms with Gasteiger partial charge in [-0.1, -0.05) is 55.8 Å². The highest BCUT2D eigenvalue weighted by molar-refractivity contribution is 6.32. The van der Waals surface area contributed by atoms with E-state index in [0.29, 0.717) is 47.5 Å². The number of hydrogen-bond donors (Lipinski definition) is 4. The van der Waals surface area contributed by atoms with Crippen LogP contribution < -0.4 is 10.1 Å². The number of pyridine rings is 1. The van der Waals surface area contributed by atoms with Gasteiger partial charge in [0.15, 0.2) is 0 Å². The van der Waals surface area contributed by atoms with Crippen LogP contribution in [0.5, 0.6) is 5.75 Å². The number of halogens is 2. The number of carbonyl (C=O) groups is 2. The maximum absolute atomic E-state index is 13.3. The molecule has 1 heterocycles. The van der Waals surface area contributed by atoms with E-state index in [9.17, 15) is 9.90 Å². The Morgan fingerprint density at radius 3 is 2.32 bits per heavy atom. The van der Waals surface area contributed by atoms with Crippen LogP contribution in [0.2, 0.25) is 5.02 Å². The fourth-order valence-corrected chi connectivity index (χ4v) is 5.24. The number of ether oxygens (including phenoxy) is 1. The van der Waals surface area contributed by atoms with Gasteiger partial charge in [0, 0.05) is 23.7 Å². The molecule has 0 atom stereocenters. The van der Waals surface area contributed by atoms with Crippen molar-refractivity contribution in [2.75, 3.05) is 27.2 Å². The zero-order chi connectivity index (χ0) is 31.5. The number of nitrogens with zero attached hydrogens (tertiary/aromatic N) is 2. The van der Waals surface area contributed by atoms with Crippen LogP contribution in [0.25, 0.3) is 22.4 Å². The van der Waals surface area contributed by atoms with Gasteiger partial charge in [-0.05, 0) is 87.5 Å². The average Bonchev–Trinajstić information content (AvgIpc) is 2.96. The molecule has 1 aliphatic rings. The van der Waals surface area contributed by atoms with Crippen LogP contribution in [0.1, 0.15) is 67.9 Å². The summed E-state index contributed by atoms with van der Waals surface area (Å²) < 4.78 is 6.06. The molecule has 0 unspecified atom stereocenters. The van der Waals surface area contributed by atoms with Crippen LogP contribution in [-0.2, 0) is 0 Å². The predicted octanol–water partition coefficient (Wildman–Crippen LogP) is 7.20. The van der Waals surface area contributed by atoms with Gasteiger partial charge in [0.25, 0.3) is 5.91 Å². The molecule has 0 aliphatic heterocycles. The highest BCUT2D eigenvalue weighted by Crippen LogP contribution is 2.38. The fourth-order valence-electron chi connectivity index (χ4n) is 5.07. The second-order valence-corrected chi connectivity index (χ2v) is 11.7. The molecule has 1 aromatic heterocycles. The van der Waals surface area contributed by atoms with E-state index in [2.05, 4.69) is 42.3 Å². The Morgan fingerprint density at radius 2 is 1.68 bits per heavy atom. The lowest BCUT2D eigenvalue weighted by molar-refractivity contribution is 0.0863. The molecule has 4 N–H and O–H groups in total. The molecule has 1 saturated carbocycles. The normalized spacial score (nSPS) is 16.0. The van der Waals surface area contributed by atoms with Crippen LogP contribution in [0.4, 0.5) is 4.79 Å². The lowest BCUT2D eigenvalue weighted by Gasteiger charge is -2.26. The topological polar surface area (TPSA) is 132 Å². The van der Waals surface area contributed by atoms with Gasteiger partial charge in [-0.2, -0.15) is 0 Å². The van der Waals surface area contributed by atoms with Gasteiger partial charge in [0.1, 0.15) is 11.4 Å². The van der Waals surface area contributed by atoms with Gasteiger partial charge >= 0.3 is 6.16 Å². The first kappa shape index (κ1) is 36.8. The molecule has 2 aromatic carbocycles. The third kappa shape index (κ3) is 11.0. The molecule has 1 aliphatic carbocycles.